The van der Waals surface area contributed by atoms with E-state index in [9.17, 15) is 9.59 Å². The number of hydrogen-bond donors (Lipinski definition) is 2. The molecule has 0 atom stereocenters. The first-order valence-corrected chi connectivity index (χ1v) is 4.77. The van der Waals surface area contributed by atoms with Gasteiger partial charge in [0.2, 0.25) is 0 Å². The smallest absolute Gasteiger partial charge is 0.335 e. The Balaban J connectivity index is 2.41. The lowest BCUT2D eigenvalue weighted by atomic mass is 10.2. The molecule has 0 heterocycles. The van der Waals surface area contributed by atoms with Crippen molar-refractivity contribution in [2.75, 3.05) is 0 Å². The van der Waals surface area contributed by atoms with Crippen molar-refractivity contribution in [3.63, 3.8) is 0 Å². The van der Waals surface area contributed by atoms with E-state index in [2.05, 4.69) is 4.74 Å². The topological polar surface area (TPSA) is 75.6 Å². The van der Waals surface area contributed by atoms with Crippen LogP contribution in [-0.2, 0) is 14.3 Å². The van der Waals surface area contributed by atoms with Gasteiger partial charge in [-0.15, -0.1) is 0 Å². The summed E-state index contributed by atoms with van der Waals surface area (Å²) < 4.78 is 4.67. The molecule has 0 saturated heterocycles. The third kappa shape index (κ3) is 5.29. The van der Waals surface area contributed by atoms with Crippen molar-refractivity contribution in [3.8, 4) is 0 Å². The van der Waals surface area contributed by atoms with Crippen LogP contribution in [0, 0.1) is 0 Å². The number of benzene rings is 1. The van der Waals surface area contributed by atoms with E-state index in [-0.39, 0.29) is 0 Å². The molecule has 0 bridgehead atoms. The minimum absolute atomic E-state index is 0.708. The van der Waals surface area contributed by atoms with E-state index in [1.807, 2.05) is 30.3 Å². The second kappa shape index (κ2) is 6.97. The number of carbonyl (C=O) groups excluding carboxylic acids is 2. The van der Waals surface area contributed by atoms with Crippen molar-refractivity contribution in [3.05, 3.63) is 54.3 Å². The highest BCUT2D eigenvalue weighted by atomic mass is 16.5. The largest absolute Gasteiger partial charge is 0.431 e. The molecule has 0 aliphatic carbocycles. The number of nitrogens with one attached hydrogen (secondary N) is 1. The van der Waals surface area contributed by atoms with E-state index in [1.165, 1.54) is 11.7 Å². The van der Waals surface area contributed by atoms with Gasteiger partial charge in [0.05, 0.1) is 6.26 Å². The summed E-state index contributed by atoms with van der Waals surface area (Å²) in [7, 11) is 0. The average molecular weight is 233 g/mol. The first-order chi connectivity index (χ1) is 8.22. The Bertz CT molecular complexity index is 437. The molecule has 0 radical (unpaired) electrons. The van der Waals surface area contributed by atoms with Crippen LogP contribution in [0.2, 0.25) is 0 Å². The maximum Gasteiger partial charge on any atom is 0.335 e. The molecule has 0 fully saturated rings. The quantitative estimate of drug-likeness (QED) is 0.270. The lowest BCUT2D eigenvalue weighted by molar-refractivity contribution is -0.132. The third-order valence-electron chi connectivity index (χ3n) is 1.73. The summed E-state index contributed by atoms with van der Waals surface area (Å²) in [5.41, 5.74) is 2.24. The molecular weight excluding hydrogens is 222 g/mol. The van der Waals surface area contributed by atoms with Gasteiger partial charge in [0.15, 0.2) is 0 Å². The van der Waals surface area contributed by atoms with Gasteiger partial charge in [-0.2, -0.15) is 0 Å². The standard InChI is InChI=1S/C12H11NO4/c14-11(13-16)6-7-12(15)17-9-8-10-4-2-1-3-5-10/h1-9,16H,(H,13,14)/b7-6-,9-8?. The lowest BCUT2D eigenvalue weighted by Crippen LogP contribution is -2.15. The van der Waals surface area contributed by atoms with Crippen LogP contribution in [0.25, 0.3) is 6.08 Å². The second-order valence-electron chi connectivity index (χ2n) is 2.96. The minimum Gasteiger partial charge on any atom is -0.431 e. The summed E-state index contributed by atoms with van der Waals surface area (Å²) in [5.74, 6) is -1.50. The summed E-state index contributed by atoms with van der Waals surface area (Å²) >= 11 is 0. The molecule has 2 N–H and O–H groups in total. The number of esters is 1. The normalized spacial score (nSPS) is 10.6. The van der Waals surface area contributed by atoms with E-state index in [0.29, 0.717) is 0 Å². The summed E-state index contributed by atoms with van der Waals surface area (Å²) in [6.07, 6.45) is 4.59. The van der Waals surface area contributed by atoms with Crippen LogP contribution < -0.4 is 5.48 Å². The van der Waals surface area contributed by atoms with Crippen LogP contribution in [0.3, 0.4) is 0 Å². The number of hydrogen-bond acceptors (Lipinski definition) is 4. The fourth-order valence-corrected chi connectivity index (χ4v) is 0.964. The summed E-state index contributed by atoms with van der Waals surface area (Å²) in [6.45, 7) is 0. The third-order valence-corrected chi connectivity index (χ3v) is 1.73. The number of carbonyl (C=O) groups is 2. The van der Waals surface area contributed by atoms with Crippen molar-refractivity contribution < 1.29 is 19.5 Å². The SMILES string of the molecule is O=C(/C=C\C(=O)OC=Cc1ccccc1)NO. The highest BCUT2D eigenvalue weighted by Gasteiger charge is 1.96. The highest BCUT2D eigenvalue weighted by molar-refractivity contribution is 5.94. The van der Waals surface area contributed by atoms with Crippen LogP contribution in [0.5, 0.6) is 0 Å². The van der Waals surface area contributed by atoms with Gasteiger partial charge in [-0.25, -0.2) is 10.3 Å². The monoisotopic (exact) mass is 233 g/mol. The Morgan fingerprint density at radius 3 is 2.53 bits per heavy atom. The predicted octanol–water partition coefficient (Wildman–Crippen LogP) is 1.26. The first kappa shape index (κ1) is 12.7. The van der Waals surface area contributed by atoms with Gasteiger partial charge in [-0.3, -0.25) is 10.0 Å². The van der Waals surface area contributed by atoms with E-state index < -0.39 is 11.9 Å². The van der Waals surface area contributed by atoms with Crippen molar-refractivity contribution in [1.82, 2.24) is 5.48 Å². The molecule has 0 aliphatic heterocycles. The van der Waals surface area contributed by atoms with Gasteiger partial charge >= 0.3 is 5.97 Å². The van der Waals surface area contributed by atoms with E-state index >= 15 is 0 Å². The molecule has 0 spiro atoms. The van der Waals surface area contributed by atoms with Crippen LogP contribution in [0.1, 0.15) is 5.56 Å². The minimum atomic E-state index is -0.797. The van der Waals surface area contributed by atoms with Crippen molar-refractivity contribution in [1.29, 1.82) is 0 Å². The van der Waals surface area contributed by atoms with Crippen LogP contribution in [0.15, 0.2) is 48.7 Å². The molecule has 1 rings (SSSR count). The van der Waals surface area contributed by atoms with Gasteiger partial charge in [0.25, 0.3) is 5.91 Å². The summed E-state index contributed by atoms with van der Waals surface area (Å²) in [4.78, 5) is 21.6. The zero-order chi connectivity index (χ0) is 12.5. The molecule has 5 heteroatoms. The number of rotatable bonds is 4. The molecule has 88 valence electrons. The molecule has 0 aliphatic rings. The van der Waals surface area contributed by atoms with Crippen LogP contribution in [0.4, 0.5) is 0 Å². The maximum absolute atomic E-state index is 11.0. The van der Waals surface area contributed by atoms with E-state index in [0.717, 1.165) is 17.7 Å². The Morgan fingerprint density at radius 1 is 1.18 bits per heavy atom. The van der Waals surface area contributed by atoms with Gasteiger partial charge < -0.3 is 4.74 Å². The van der Waals surface area contributed by atoms with E-state index in [1.54, 1.807) is 6.08 Å². The van der Waals surface area contributed by atoms with Gasteiger partial charge in [0.1, 0.15) is 0 Å². The predicted molar refractivity (Wildman–Crippen MR) is 60.6 cm³/mol. The summed E-state index contributed by atoms with van der Waals surface area (Å²) in [5, 5.41) is 8.16. The zero-order valence-corrected chi connectivity index (χ0v) is 8.87. The maximum atomic E-state index is 11.0. The number of hydroxylamine groups is 1. The average Bonchev–Trinajstić information content (AvgIpc) is 2.37. The molecule has 5 nitrogen and oxygen atoms in total. The lowest BCUT2D eigenvalue weighted by Gasteiger charge is -1.93. The zero-order valence-electron chi connectivity index (χ0n) is 8.87. The van der Waals surface area contributed by atoms with Crippen molar-refractivity contribution >= 4 is 18.0 Å². The van der Waals surface area contributed by atoms with Gasteiger partial charge in [-0.05, 0) is 11.6 Å². The molecule has 1 amide bonds. The number of ether oxygens (including phenoxy) is 1. The Morgan fingerprint density at radius 2 is 1.88 bits per heavy atom. The van der Waals surface area contributed by atoms with Gasteiger partial charge in [0, 0.05) is 12.2 Å². The molecule has 17 heavy (non-hydrogen) atoms. The Kier molecular flexibility index (Phi) is 5.19. The first-order valence-electron chi connectivity index (χ1n) is 4.77. The molecule has 1 aromatic rings. The summed E-state index contributed by atoms with van der Waals surface area (Å²) in [6, 6.07) is 9.28. The molecular formula is C12H11NO4. The number of amides is 1. The molecule has 0 saturated carbocycles. The molecule has 1 aromatic carbocycles. The van der Waals surface area contributed by atoms with Crippen LogP contribution >= 0.6 is 0 Å². The second-order valence-corrected chi connectivity index (χ2v) is 2.96. The fraction of sp³-hybridized carbons (Fsp3) is 0. The Labute approximate surface area is 98.0 Å². The Hall–Kier alpha value is -2.40. The molecule has 0 aromatic heterocycles. The van der Waals surface area contributed by atoms with Crippen molar-refractivity contribution in [2.24, 2.45) is 0 Å². The fourth-order valence-electron chi connectivity index (χ4n) is 0.964. The van der Waals surface area contributed by atoms with Gasteiger partial charge in [-0.1, -0.05) is 30.3 Å². The highest BCUT2D eigenvalue weighted by Crippen LogP contribution is 2.00. The van der Waals surface area contributed by atoms with Crippen molar-refractivity contribution in [2.45, 2.75) is 0 Å². The van der Waals surface area contributed by atoms with Crippen LogP contribution in [-0.4, -0.2) is 17.1 Å². The molecule has 0 unspecified atom stereocenters. The van der Waals surface area contributed by atoms with E-state index in [4.69, 9.17) is 5.21 Å².